The van der Waals surface area contributed by atoms with Gasteiger partial charge < -0.3 is 59.6 Å². The normalized spacial score (nSPS) is 34.0. The van der Waals surface area contributed by atoms with Gasteiger partial charge in [-0.05, 0) is 31.8 Å². The summed E-state index contributed by atoms with van der Waals surface area (Å²) in [4.78, 5) is 25.4. The number of allylic oxidation sites excluding steroid dienone is 2. The predicted octanol–water partition coefficient (Wildman–Crippen LogP) is -2.00. The van der Waals surface area contributed by atoms with E-state index in [9.17, 15) is 45.3 Å². The Kier molecular flexibility index (Phi) is 11.5. The highest BCUT2D eigenvalue weighted by atomic mass is 16.8. The van der Waals surface area contributed by atoms with Crippen molar-refractivity contribution in [1.82, 2.24) is 0 Å². The fourth-order valence-electron chi connectivity index (χ4n) is 5.91. The van der Waals surface area contributed by atoms with E-state index in [4.69, 9.17) is 18.9 Å². The maximum atomic E-state index is 12.9. The molecule has 2 fully saturated rings. The summed E-state index contributed by atoms with van der Waals surface area (Å²) < 4.78 is 22.3. The van der Waals surface area contributed by atoms with Gasteiger partial charge in [0.1, 0.15) is 37.1 Å². The van der Waals surface area contributed by atoms with Crippen molar-refractivity contribution in [3.8, 4) is 0 Å². The zero-order valence-corrected chi connectivity index (χ0v) is 24.4. The van der Waals surface area contributed by atoms with Gasteiger partial charge in [-0.1, -0.05) is 30.2 Å². The highest BCUT2D eigenvalue weighted by Crippen LogP contribution is 2.39. The molecule has 0 aromatic heterocycles. The molecule has 8 atom stereocenters. The average molecular weight is 625 g/mol. The lowest BCUT2D eigenvalue weighted by atomic mass is 9.80. The Labute approximate surface area is 254 Å². The lowest BCUT2D eigenvalue weighted by Gasteiger charge is -2.46. The molecule has 44 heavy (non-hydrogen) atoms. The first kappa shape index (κ1) is 34.0. The molecule has 0 aromatic carbocycles. The van der Waals surface area contributed by atoms with Crippen LogP contribution in [0.25, 0.3) is 0 Å². The van der Waals surface area contributed by atoms with Crippen molar-refractivity contribution in [2.24, 2.45) is 11.8 Å². The van der Waals surface area contributed by atoms with Crippen LogP contribution in [0, 0.1) is 11.8 Å². The number of aliphatic hydroxyl groups is 6. The van der Waals surface area contributed by atoms with Gasteiger partial charge in [-0.3, -0.25) is 0 Å². The number of carbonyl (C=O) groups excluding carboxylic acids is 1. The highest BCUT2D eigenvalue weighted by Gasteiger charge is 2.56. The molecule has 0 amide bonds. The average Bonchev–Trinajstić information content (AvgIpc) is 3.01. The molecule has 0 bridgehead atoms. The van der Waals surface area contributed by atoms with Gasteiger partial charge in [0.2, 0.25) is 12.1 Å². The number of hydrogen-bond donors (Lipinski definition) is 8. The summed E-state index contributed by atoms with van der Waals surface area (Å²) in [5, 5.41) is 70.2. The number of carboxylic acid groups (broad SMARTS) is 1. The molecule has 14 heteroatoms. The molecule has 1 saturated carbocycles. The van der Waals surface area contributed by atoms with E-state index < -0.39 is 67.1 Å². The third kappa shape index (κ3) is 7.65. The van der Waals surface area contributed by atoms with Crippen molar-refractivity contribution in [3.63, 3.8) is 0 Å². The van der Waals surface area contributed by atoms with Gasteiger partial charge in [-0.15, -0.1) is 0 Å². The summed E-state index contributed by atoms with van der Waals surface area (Å²) in [6.07, 6.45) is 5.44. The standard InChI is InChI=1S/C30H41NO13/c1-41-27(38)22-16-42-28(44-29-25(35)30(39,40)24(34)23(15-33)43-29)21(12-17-5-3-2-4-6-17)20(22)8-7-18-11-19(26(36)37)14-31(13-18)9-10-32/h7-8,11-12,14,16,20-21,23-25,28-29,32-35,39-40H,2-6,9-10,13,15H2,1H3,(H,36,37)/p+1/b8-7-/t20-,21+,23+,24+,25-,28-,29-/m0/s1. The molecular formula is C30H42NO13+. The van der Waals surface area contributed by atoms with E-state index in [-0.39, 0.29) is 17.8 Å². The molecule has 0 radical (unpaired) electrons. The van der Waals surface area contributed by atoms with E-state index in [1.165, 1.54) is 19.4 Å². The van der Waals surface area contributed by atoms with Gasteiger partial charge in [0, 0.05) is 11.5 Å². The molecule has 3 aliphatic heterocycles. The van der Waals surface area contributed by atoms with Crippen LogP contribution in [0.1, 0.15) is 32.1 Å². The van der Waals surface area contributed by atoms with Crippen molar-refractivity contribution >= 4 is 11.9 Å². The third-order valence-electron chi connectivity index (χ3n) is 8.33. The van der Waals surface area contributed by atoms with Crippen molar-refractivity contribution in [1.29, 1.82) is 0 Å². The number of aliphatic carboxylic acids is 1. The van der Waals surface area contributed by atoms with E-state index in [1.807, 2.05) is 6.08 Å². The van der Waals surface area contributed by atoms with Crippen LogP contribution in [0.5, 0.6) is 0 Å². The van der Waals surface area contributed by atoms with Gasteiger partial charge >= 0.3 is 11.9 Å². The van der Waals surface area contributed by atoms with E-state index in [0.717, 1.165) is 48.8 Å². The fourth-order valence-corrected chi connectivity index (χ4v) is 5.91. The van der Waals surface area contributed by atoms with Crippen LogP contribution in [-0.2, 0) is 28.5 Å². The number of aliphatic hydroxyl groups excluding tert-OH is 4. The Morgan fingerprint density at radius 3 is 2.48 bits per heavy atom. The van der Waals surface area contributed by atoms with E-state index in [2.05, 4.69) is 0 Å². The zero-order valence-electron chi connectivity index (χ0n) is 24.4. The number of esters is 1. The number of quaternary nitrogens is 1. The summed E-state index contributed by atoms with van der Waals surface area (Å²) in [6.45, 7) is -0.278. The van der Waals surface area contributed by atoms with E-state index in [1.54, 1.807) is 12.2 Å². The van der Waals surface area contributed by atoms with Crippen molar-refractivity contribution in [2.75, 3.05) is 33.4 Å². The Balaban J connectivity index is 1.72. The van der Waals surface area contributed by atoms with Crippen LogP contribution in [0.4, 0.5) is 0 Å². The van der Waals surface area contributed by atoms with Crippen LogP contribution in [-0.4, -0.2) is 118 Å². The lowest BCUT2D eigenvalue weighted by molar-refractivity contribution is -0.842. The monoisotopic (exact) mass is 624 g/mol. The Morgan fingerprint density at radius 1 is 1.11 bits per heavy atom. The van der Waals surface area contributed by atoms with E-state index >= 15 is 0 Å². The molecule has 1 aliphatic carbocycles. The number of nitrogens with one attached hydrogen (secondary N) is 1. The Hall–Kier alpha value is -2.92. The highest BCUT2D eigenvalue weighted by molar-refractivity contribution is 5.90. The number of hydrogen-bond acceptors (Lipinski definition) is 12. The minimum atomic E-state index is -3.07. The van der Waals surface area contributed by atoms with Gasteiger partial charge in [0.15, 0.2) is 12.4 Å². The predicted molar refractivity (Wildman–Crippen MR) is 150 cm³/mol. The van der Waals surface area contributed by atoms with Gasteiger partial charge in [0.05, 0.1) is 38.1 Å². The summed E-state index contributed by atoms with van der Waals surface area (Å²) in [5.74, 6) is -6.35. The number of carboxylic acids is 1. The van der Waals surface area contributed by atoms with Crippen molar-refractivity contribution < 1.29 is 69.2 Å². The molecule has 1 saturated heterocycles. The maximum Gasteiger partial charge on any atom is 0.341 e. The second kappa shape index (κ2) is 14.9. The van der Waals surface area contributed by atoms with Gasteiger partial charge in [0.25, 0.3) is 0 Å². The molecule has 3 heterocycles. The summed E-state index contributed by atoms with van der Waals surface area (Å²) in [5.41, 5.74) is 1.90. The molecule has 0 spiro atoms. The maximum absolute atomic E-state index is 12.9. The Morgan fingerprint density at radius 2 is 1.84 bits per heavy atom. The third-order valence-corrected chi connectivity index (χ3v) is 8.33. The van der Waals surface area contributed by atoms with Crippen LogP contribution in [0.15, 0.2) is 59.1 Å². The molecule has 4 rings (SSSR count). The largest absolute Gasteiger partial charge is 0.477 e. The van der Waals surface area contributed by atoms with Crippen LogP contribution in [0.2, 0.25) is 0 Å². The summed E-state index contributed by atoms with van der Waals surface area (Å²) >= 11 is 0. The lowest BCUT2D eigenvalue weighted by Crippen LogP contribution is -3.08. The van der Waals surface area contributed by atoms with Gasteiger partial charge in [-0.25, -0.2) is 9.59 Å². The number of carbonyl (C=O) groups is 2. The molecule has 0 aromatic rings. The smallest absolute Gasteiger partial charge is 0.341 e. The minimum Gasteiger partial charge on any atom is -0.477 e. The van der Waals surface area contributed by atoms with Gasteiger partial charge in [-0.2, -0.15) is 0 Å². The van der Waals surface area contributed by atoms with Crippen LogP contribution in [0.3, 0.4) is 0 Å². The van der Waals surface area contributed by atoms with Crippen LogP contribution < -0.4 is 4.90 Å². The number of rotatable bonds is 10. The first-order valence-corrected chi connectivity index (χ1v) is 14.7. The first-order valence-electron chi connectivity index (χ1n) is 14.7. The summed E-state index contributed by atoms with van der Waals surface area (Å²) in [7, 11) is 1.22. The van der Waals surface area contributed by atoms with Crippen molar-refractivity contribution in [2.45, 2.75) is 68.8 Å². The van der Waals surface area contributed by atoms with E-state index in [0.29, 0.717) is 18.7 Å². The summed E-state index contributed by atoms with van der Waals surface area (Å²) in [6, 6.07) is 0. The van der Waals surface area contributed by atoms with Crippen molar-refractivity contribution in [3.05, 3.63) is 59.1 Å². The molecule has 244 valence electrons. The first-order chi connectivity index (χ1) is 21.0. The molecule has 8 N–H and O–H groups in total. The number of ether oxygens (including phenoxy) is 4. The van der Waals surface area contributed by atoms with Crippen LogP contribution >= 0.6 is 0 Å². The Bertz CT molecular complexity index is 1200. The minimum absolute atomic E-state index is 0.0534. The molecule has 1 unspecified atom stereocenters. The molecule has 4 aliphatic rings. The topological polar surface area (TPSA) is 217 Å². The SMILES string of the molecule is COC(=O)C1=CO[C@@H](O[C@@H]2O[C@H](CO)[C@@H](O)C(O)(O)[C@H]2O)[C@H](C=C2CCCCC2)[C@@H]1/C=C\C1=CC(C(=O)O)=C[NH+](CCO)C1. The quantitative estimate of drug-likeness (QED) is 0.0751. The molecule has 14 nitrogen and oxygen atoms in total. The number of methoxy groups -OCH3 is 1. The molecular weight excluding hydrogens is 582 g/mol. The zero-order chi connectivity index (χ0) is 32.0. The second-order valence-electron chi connectivity index (χ2n) is 11.4. The fraction of sp³-hybridized carbons (Fsp3) is 0.600. The second-order valence-corrected chi connectivity index (χ2v) is 11.4.